The van der Waals surface area contributed by atoms with Crippen LogP contribution in [0, 0.1) is 0 Å². The number of phenols is 4. The van der Waals surface area contributed by atoms with Crippen LogP contribution >= 0.6 is 0 Å². The van der Waals surface area contributed by atoms with E-state index in [1.54, 1.807) is 6.08 Å². The molecule has 0 atom stereocenters. The largest absolute Gasteiger partial charge is 0.508 e. The van der Waals surface area contributed by atoms with Crippen LogP contribution in [0.5, 0.6) is 23.0 Å². The third kappa shape index (κ3) is 2.55. The van der Waals surface area contributed by atoms with Gasteiger partial charge in [0, 0.05) is 6.07 Å². The van der Waals surface area contributed by atoms with Crippen LogP contribution in [0.1, 0.15) is 11.1 Å². The molecule has 0 aromatic heterocycles. The molecule has 0 radical (unpaired) electrons. The summed E-state index contributed by atoms with van der Waals surface area (Å²) in [5.74, 6) is -0.210. The fourth-order valence-electron chi connectivity index (χ4n) is 1.61. The molecule has 2 aromatic rings. The van der Waals surface area contributed by atoms with E-state index in [1.165, 1.54) is 42.5 Å². The molecule has 0 bridgehead atoms. The van der Waals surface area contributed by atoms with Crippen LogP contribution in [-0.2, 0) is 0 Å². The molecule has 2 aromatic carbocycles. The molecular formula is C14H12O4. The van der Waals surface area contributed by atoms with Crippen molar-refractivity contribution in [3.8, 4) is 23.0 Å². The lowest BCUT2D eigenvalue weighted by atomic mass is 10.1. The van der Waals surface area contributed by atoms with Crippen LogP contribution in [0.2, 0.25) is 0 Å². The summed E-state index contributed by atoms with van der Waals surface area (Å²) in [4.78, 5) is 0. The minimum Gasteiger partial charge on any atom is -0.508 e. The molecule has 0 aliphatic carbocycles. The predicted molar refractivity (Wildman–Crippen MR) is 68.5 cm³/mol. The summed E-state index contributed by atoms with van der Waals surface area (Å²) in [7, 11) is 0. The molecule has 0 heterocycles. The first-order valence-electron chi connectivity index (χ1n) is 5.28. The van der Waals surface area contributed by atoms with Gasteiger partial charge < -0.3 is 20.4 Å². The van der Waals surface area contributed by atoms with Gasteiger partial charge in [-0.25, -0.2) is 0 Å². The molecule has 4 nitrogen and oxygen atoms in total. The Kier molecular flexibility index (Phi) is 3.10. The highest BCUT2D eigenvalue weighted by Crippen LogP contribution is 2.29. The van der Waals surface area contributed by atoms with E-state index in [4.69, 9.17) is 0 Å². The van der Waals surface area contributed by atoms with Crippen molar-refractivity contribution < 1.29 is 20.4 Å². The number of hydrogen-bond acceptors (Lipinski definition) is 4. The molecule has 18 heavy (non-hydrogen) atoms. The summed E-state index contributed by atoms with van der Waals surface area (Å²) in [6.45, 7) is 0. The van der Waals surface area contributed by atoms with E-state index < -0.39 is 0 Å². The fraction of sp³-hybridized carbons (Fsp3) is 0. The third-order valence-electron chi connectivity index (χ3n) is 2.43. The quantitative estimate of drug-likeness (QED) is 0.612. The van der Waals surface area contributed by atoms with E-state index in [9.17, 15) is 20.4 Å². The standard InChI is InChI=1S/C14H12O4/c15-10-6-9(7-11(16)8-10)4-5-12-13(17)2-1-3-14(12)18/h1-8,15-18H/b5-4-. The Balaban J connectivity index is 2.36. The van der Waals surface area contributed by atoms with Gasteiger partial charge >= 0.3 is 0 Å². The van der Waals surface area contributed by atoms with E-state index in [0.29, 0.717) is 5.56 Å². The van der Waals surface area contributed by atoms with Gasteiger partial charge in [-0.3, -0.25) is 0 Å². The Morgan fingerprint density at radius 3 is 1.83 bits per heavy atom. The lowest BCUT2D eigenvalue weighted by molar-refractivity contribution is 0.448. The van der Waals surface area contributed by atoms with Crippen molar-refractivity contribution in [1.29, 1.82) is 0 Å². The summed E-state index contributed by atoms with van der Waals surface area (Å²) in [6, 6.07) is 8.57. The molecule has 0 amide bonds. The van der Waals surface area contributed by atoms with Crippen LogP contribution in [-0.4, -0.2) is 20.4 Å². The highest BCUT2D eigenvalue weighted by molar-refractivity contribution is 5.76. The van der Waals surface area contributed by atoms with Gasteiger partial charge in [0.1, 0.15) is 23.0 Å². The minimum absolute atomic E-state index is 0.0457. The maximum absolute atomic E-state index is 9.57. The van der Waals surface area contributed by atoms with Crippen molar-refractivity contribution in [2.24, 2.45) is 0 Å². The van der Waals surface area contributed by atoms with Crippen molar-refractivity contribution >= 4 is 12.2 Å². The van der Waals surface area contributed by atoms with E-state index in [0.717, 1.165) is 0 Å². The number of benzene rings is 2. The second kappa shape index (κ2) is 4.71. The SMILES string of the molecule is Oc1cc(O)cc(/C=C\c2c(O)cccc2O)c1. The van der Waals surface area contributed by atoms with Crippen molar-refractivity contribution in [2.75, 3.05) is 0 Å². The zero-order valence-corrected chi connectivity index (χ0v) is 9.41. The van der Waals surface area contributed by atoms with Crippen molar-refractivity contribution in [3.63, 3.8) is 0 Å². The summed E-state index contributed by atoms with van der Waals surface area (Å²) < 4.78 is 0. The Labute approximate surface area is 104 Å². The third-order valence-corrected chi connectivity index (χ3v) is 2.43. The average Bonchev–Trinajstić information content (AvgIpc) is 2.27. The molecule has 0 aliphatic rings. The second-order valence-electron chi connectivity index (χ2n) is 3.83. The van der Waals surface area contributed by atoms with Crippen molar-refractivity contribution in [3.05, 3.63) is 47.5 Å². The Bertz CT molecular complexity index is 562. The van der Waals surface area contributed by atoms with Gasteiger partial charge in [0.05, 0.1) is 5.56 Å². The van der Waals surface area contributed by atoms with Gasteiger partial charge in [-0.05, 0) is 35.9 Å². The smallest absolute Gasteiger partial charge is 0.126 e. The Morgan fingerprint density at radius 2 is 1.28 bits per heavy atom. The number of aromatic hydroxyl groups is 4. The van der Waals surface area contributed by atoms with Gasteiger partial charge in [0.15, 0.2) is 0 Å². The molecule has 4 heteroatoms. The van der Waals surface area contributed by atoms with Gasteiger partial charge in [-0.2, -0.15) is 0 Å². The highest BCUT2D eigenvalue weighted by atomic mass is 16.3. The fourth-order valence-corrected chi connectivity index (χ4v) is 1.61. The first-order valence-corrected chi connectivity index (χ1v) is 5.28. The lowest BCUT2D eigenvalue weighted by Gasteiger charge is -2.02. The van der Waals surface area contributed by atoms with Crippen molar-refractivity contribution in [1.82, 2.24) is 0 Å². The van der Waals surface area contributed by atoms with Crippen molar-refractivity contribution in [2.45, 2.75) is 0 Å². The number of phenolic OH excluding ortho intramolecular Hbond substituents is 4. The first-order chi connectivity index (χ1) is 8.56. The molecule has 2 rings (SSSR count). The zero-order chi connectivity index (χ0) is 13.1. The maximum Gasteiger partial charge on any atom is 0.126 e. The second-order valence-corrected chi connectivity index (χ2v) is 3.83. The van der Waals surface area contributed by atoms with E-state index >= 15 is 0 Å². The van der Waals surface area contributed by atoms with Crippen LogP contribution in [0.3, 0.4) is 0 Å². The Morgan fingerprint density at radius 1 is 0.722 bits per heavy atom. The van der Waals surface area contributed by atoms with Crippen LogP contribution in [0.4, 0.5) is 0 Å². The van der Waals surface area contributed by atoms with Gasteiger partial charge in [-0.15, -0.1) is 0 Å². The first kappa shape index (κ1) is 11.9. The lowest BCUT2D eigenvalue weighted by Crippen LogP contribution is -1.77. The molecule has 0 spiro atoms. The molecule has 0 saturated carbocycles. The molecule has 0 aliphatic heterocycles. The van der Waals surface area contributed by atoms with E-state index in [-0.39, 0.29) is 28.6 Å². The van der Waals surface area contributed by atoms with Crippen LogP contribution in [0.15, 0.2) is 36.4 Å². The molecule has 0 unspecified atom stereocenters. The summed E-state index contributed by atoms with van der Waals surface area (Å²) in [5, 5.41) is 37.8. The summed E-state index contributed by atoms with van der Waals surface area (Å²) >= 11 is 0. The molecular weight excluding hydrogens is 232 g/mol. The van der Waals surface area contributed by atoms with Crippen LogP contribution in [0.25, 0.3) is 12.2 Å². The van der Waals surface area contributed by atoms with E-state index in [2.05, 4.69) is 0 Å². The summed E-state index contributed by atoms with van der Waals surface area (Å²) in [6.07, 6.45) is 3.06. The number of hydrogen-bond donors (Lipinski definition) is 4. The molecule has 0 saturated heterocycles. The predicted octanol–water partition coefficient (Wildman–Crippen LogP) is 2.68. The number of rotatable bonds is 2. The monoisotopic (exact) mass is 244 g/mol. The average molecular weight is 244 g/mol. The normalized spacial score (nSPS) is 10.9. The van der Waals surface area contributed by atoms with E-state index in [1.807, 2.05) is 0 Å². The topological polar surface area (TPSA) is 80.9 Å². The van der Waals surface area contributed by atoms with Gasteiger partial charge in [-0.1, -0.05) is 12.1 Å². The molecule has 0 fully saturated rings. The molecule has 92 valence electrons. The Hall–Kier alpha value is -2.62. The van der Waals surface area contributed by atoms with Crippen LogP contribution < -0.4 is 0 Å². The molecule has 4 N–H and O–H groups in total. The zero-order valence-electron chi connectivity index (χ0n) is 9.41. The van der Waals surface area contributed by atoms with Gasteiger partial charge in [0.2, 0.25) is 0 Å². The maximum atomic E-state index is 9.57. The minimum atomic E-state index is -0.0591. The van der Waals surface area contributed by atoms with Gasteiger partial charge in [0.25, 0.3) is 0 Å². The highest BCUT2D eigenvalue weighted by Gasteiger charge is 2.03. The summed E-state index contributed by atoms with van der Waals surface area (Å²) in [5.41, 5.74) is 0.829.